The molecular formula is C16H20N2O3. The molecule has 0 N–H and O–H groups in total. The lowest BCUT2D eigenvalue weighted by molar-refractivity contribution is 0.0812. The molecule has 5 heteroatoms. The molecule has 1 heterocycles. The predicted octanol–water partition coefficient (Wildman–Crippen LogP) is 1.61. The van der Waals surface area contributed by atoms with Gasteiger partial charge in [-0.05, 0) is 19.4 Å². The molecule has 0 saturated heterocycles. The molecule has 0 radical (unpaired) electrons. The number of hydrogen-bond donors (Lipinski definition) is 0. The summed E-state index contributed by atoms with van der Waals surface area (Å²) < 4.78 is 8.11. The summed E-state index contributed by atoms with van der Waals surface area (Å²) in [5, 5.41) is 0. The third-order valence-corrected chi connectivity index (χ3v) is 3.33. The molecular weight excluding hydrogens is 268 g/mol. The Kier molecular flexibility index (Phi) is 5.11. The van der Waals surface area contributed by atoms with E-state index >= 15 is 0 Å². The van der Waals surface area contributed by atoms with Gasteiger partial charge in [0.25, 0.3) is 5.56 Å². The molecule has 0 bridgehead atoms. The number of benzene rings is 1. The summed E-state index contributed by atoms with van der Waals surface area (Å²) in [6.07, 6.45) is 0.531. The van der Waals surface area contributed by atoms with Gasteiger partial charge < -0.3 is 4.74 Å². The second-order valence-corrected chi connectivity index (χ2v) is 4.71. The van der Waals surface area contributed by atoms with Gasteiger partial charge in [-0.1, -0.05) is 30.3 Å². The number of nitrogens with zero attached hydrogens (tertiary/aromatic N) is 2. The second-order valence-electron chi connectivity index (χ2n) is 4.71. The minimum atomic E-state index is -0.315. The molecule has 0 amide bonds. The fourth-order valence-corrected chi connectivity index (χ4v) is 2.22. The van der Waals surface area contributed by atoms with E-state index in [1.807, 2.05) is 37.3 Å². The maximum absolute atomic E-state index is 12.4. The summed E-state index contributed by atoms with van der Waals surface area (Å²) in [5.41, 5.74) is 1.15. The molecule has 0 atom stereocenters. The van der Waals surface area contributed by atoms with Crippen LogP contribution in [0.15, 0.2) is 46.0 Å². The van der Waals surface area contributed by atoms with Crippen molar-refractivity contribution in [2.45, 2.75) is 33.5 Å². The molecule has 112 valence electrons. The SMILES string of the molecule is CCOCn1c(Cc2ccccc2)cc(=O)n(CC)c1=O. The number of ether oxygens (including phenoxy) is 1. The molecule has 0 unspecified atom stereocenters. The van der Waals surface area contributed by atoms with E-state index < -0.39 is 0 Å². The first-order valence-electron chi connectivity index (χ1n) is 7.12. The van der Waals surface area contributed by atoms with Crippen molar-refractivity contribution in [3.63, 3.8) is 0 Å². The van der Waals surface area contributed by atoms with Crippen LogP contribution in [0.5, 0.6) is 0 Å². The van der Waals surface area contributed by atoms with Crippen molar-refractivity contribution in [1.29, 1.82) is 0 Å². The van der Waals surface area contributed by atoms with Crippen molar-refractivity contribution >= 4 is 0 Å². The van der Waals surface area contributed by atoms with Gasteiger partial charge in [0.15, 0.2) is 0 Å². The Morgan fingerprint density at radius 3 is 2.38 bits per heavy atom. The maximum atomic E-state index is 12.4. The van der Waals surface area contributed by atoms with Crippen LogP contribution < -0.4 is 11.2 Å². The highest BCUT2D eigenvalue weighted by atomic mass is 16.5. The molecule has 0 aliphatic carbocycles. The van der Waals surface area contributed by atoms with Gasteiger partial charge in [0.05, 0.1) is 0 Å². The Labute approximate surface area is 123 Å². The summed E-state index contributed by atoms with van der Waals surface area (Å²) in [6, 6.07) is 11.3. The van der Waals surface area contributed by atoms with E-state index in [1.54, 1.807) is 6.92 Å². The fraction of sp³-hybridized carbons (Fsp3) is 0.375. The van der Waals surface area contributed by atoms with Crippen LogP contribution in [0.3, 0.4) is 0 Å². The normalized spacial score (nSPS) is 10.8. The zero-order valence-corrected chi connectivity index (χ0v) is 12.4. The van der Waals surface area contributed by atoms with E-state index in [2.05, 4.69) is 0 Å². The summed E-state index contributed by atoms with van der Waals surface area (Å²) in [6.45, 7) is 4.69. The second kappa shape index (κ2) is 7.04. The van der Waals surface area contributed by atoms with E-state index in [1.165, 1.54) is 15.2 Å². The molecule has 21 heavy (non-hydrogen) atoms. The van der Waals surface area contributed by atoms with Crippen molar-refractivity contribution in [1.82, 2.24) is 9.13 Å². The molecule has 0 aliphatic heterocycles. The monoisotopic (exact) mass is 288 g/mol. The van der Waals surface area contributed by atoms with E-state index in [0.29, 0.717) is 25.3 Å². The fourth-order valence-electron chi connectivity index (χ4n) is 2.22. The van der Waals surface area contributed by atoms with Gasteiger partial charge in [-0.2, -0.15) is 0 Å². The first-order valence-corrected chi connectivity index (χ1v) is 7.12. The topological polar surface area (TPSA) is 53.2 Å². The highest BCUT2D eigenvalue weighted by molar-refractivity contribution is 5.21. The van der Waals surface area contributed by atoms with Crippen molar-refractivity contribution in [2.24, 2.45) is 0 Å². The average Bonchev–Trinajstić information content (AvgIpc) is 2.48. The molecule has 0 aliphatic rings. The van der Waals surface area contributed by atoms with Crippen LogP contribution >= 0.6 is 0 Å². The Morgan fingerprint density at radius 1 is 1.05 bits per heavy atom. The number of rotatable bonds is 6. The number of hydrogen-bond acceptors (Lipinski definition) is 3. The van der Waals surface area contributed by atoms with Gasteiger partial charge in [-0.15, -0.1) is 0 Å². The van der Waals surface area contributed by atoms with Gasteiger partial charge in [0.2, 0.25) is 0 Å². The van der Waals surface area contributed by atoms with Gasteiger partial charge in [0, 0.05) is 31.3 Å². The average molecular weight is 288 g/mol. The smallest absolute Gasteiger partial charge is 0.333 e. The third kappa shape index (κ3) is 3.49. The zero-order chi connectivity index (χ0) is 15.2. The summed E-state index contributed by atoms with van der Waals surface area (Å²) >= 11 is 0. The third-order valence-electron chi connectivity index (χ3n) is 3.33. The molecule has 1 aromatic heterocycles. The lowest BCUT2D eigenvalue weighted by atomic mass is 10.1. The van der Waals surface area contributed by atoms with Crippen LogP contribution in [-0.2, 0) is 24.4 Å². The zero-order valence-electron chi connectivity index (χ0n) is 12.4. The first-order chi connectivity index (χ1) is 10.2. The van der Waals surface area contributed by atoms with E-state index in [4.69, 9.17) is 4.74 Å². The van der Waals surface area contributed by atoms with E-state index in [0.717, 1.165) is 5.56 Å². The summed E-state index contributed by atoms with van der Waals surface area (Å²) in [5.74, 6) is 0. The lowest BCUT2D eigenvalue weighted by Gasteiger charge is -2.14. The summed E-state index contributed by atoms with van der Waals surface area (Å²) in [4.78, 5) is 24.4. The quantitative estimate of drug-likeness (QED) is 0.811. The number of aromatic nitrogens is 2. The van der Waals surface area contributed by atoms with Crippen LogP contribution in [0.1, 0.15) is 25.1 Å². The largest absolute Gasteiger partial charge is 0.361 e. The van der Waals surface area contributed by atoms with Crippen LogP contribution in [0, 0.1) is 0 Å². The molecule has 0 saturated carbocycles. The van der Waals surface area contributed by atoms with Crippen molar-refractivity contribution in [2.75, 3.05) is 6.61 Å². The molecule has 0 spiro atoms. The molecule has 5 nitrogen and oxygen atoms in total. The maximum Gasteiger partial charge on any atom is 0.333 e. The first kappa shape index (κ1) is 15.3. The molecule has 1 aromatic carbocycles. The van der Waals surface area contributed by atoms with E-state index in [9.17, 15) is 9.59 Å². The predicted molar refractivity (Wildman–Crippen MR) is 81.5 cm³/mol. The minimum absolute atomic E-state index is 0.164. The molecule has 2 aromatic rings. The molecule has 0 fully saturated rings. The van der Waals surface area contributed by atoms with Gasteiger partial charge in [-0.25, -0.2) is 4.79 Å². The summed E-state index contributed by atoms with van der Waals surface area (Å²) in [7, 11) is 0. The molecule has 2 rings (SSSR count). The minimum Gasteiger partial charge on any atom is -0.361 e. The van der Waals surface area contributed by atoms with Crippen LogP contribution in [0.25, 0.3) is 0 Å². The van der Waals surface area contributed by atoms with Crippen molar-refractivity contribution < 1.29 is 4.74 Å². The van der Waals surface area contributed by atoms with Crippen LogP contribution in [-0.4, -0.2) is 15.7 Å². The van der Waals surface area contributed by atoms with Crippen LogP contribution in [0.4, 0.5) is 0 Å². The highest BCUT2D eigenvalue weighted by Gasteiger charge is 2.11. The Bertz CT molecular complexity index is 702. The van der Waals surface area contributed by atoms with Gasteiger partial charge >= 0.3 is 5.69 Å². The van der Waals surface area contributed by atoms with Crippen molar-refractivity contribution in [3.8, 4) is 0 Å². The van der Waals surface area contributed by atoms with Gasteiger partial charge in [-0.3, -0.25) is 13.9 Å². The lowest BCUT2D eigenvalue weighted by Crippen LogP contribution is -2.41. The van der Waals surface area contributed by atoms with Crippen LogP contribution in [0.2, 0.25) is 0 Å². The van der Waals surface area contributed by atoms with E-state index in [-0.39, 0.29) is 18.0 Å². The highest BCUT2D eigenvalue weighted by Crippen LogP contribution is 2.06. The van der Waals surface area contributed by atoms with Crippen molar-refractivity contribution in [3.05, 3.63) is 68.5 Å². The Balaban J connectivity index is 2.48. The van der Waals surface area contributed by atoms with Gasteiger partial charge in [0.1, 0.15) is 6.73 Å². The standard InChI is InChI=1S/C16H20N2O3/c1-3-17-15(19)11-14(10-13-8-6-5-7-9-13)18(16(17)20)12-21-4-2/h5-9,11H,3-4,10,12H2,1-2H3. The Morgan fingerprint density at radius 2 is 1.76 bits per heavy atom. The Hall–Kier alpha value is -2.14.